The van der Waals surface area contributed by atoms with E-state index in [0.29, 0.717) is 12.0 Å². The minimum atomic E-state index is -3.59. The van der Waals surface area contributed by atoms with Gasteiger partial charge in [0.05, 0.1) is 4.90 Å². The van der Waals surface area contributed by atoms with Gasteiger partial charge in [0.25, 0.3) is 0 Å². The molecule has 0 radical (unpaired) electrons. The van der Waals surface area contributed by atoms with Gasteiger partial charge in [0.15, 0.2) is 0 Å². The average molecular weight is 294 g/mol. The van der Waals surface area contributed by atoms with Crippen LogP contribution in [0.3, 0.4) is 0 Å². The molecule has 102 valence electrons. The molecule has 0 saturated heterocycles. The molecular weight excluding hydrogens is 277 g/mol. The Morgan fingerprint density at radius 1 is 1.44 bits per heavy atom. The SMILES string of the molecule is CCC(Cl)CCNS(=O)(=O)c1ccc(F)cc1C. The highest BCUT2D eigenvalue weighted by Crippen LogP contribution is 2.16. The van der Waals surface area contributed by atoms with Gasteiger partial charge in [-0.3, -0.25) is 0 Å². The van der Waals surface area contributed by atoms with Crippen LogP contribution < -0.4 is 4.72 Å². The summed E-state index contributed by atoms with van der Waals surface area (Å²) >= 11 is 5.91. The third-order valence-corrected chi connectivity index (χ3v) is 4.77. The lowest BCUT2D eigenvalue weighted by Crippen LogP contribution is -2.27. The number of benzene rings is 1. The third kappa shape index (κ3) is 4.23. The van der Waals surface area contributed by atoms with E-state index in [1.165, 1.54) is 12.1 Å². The van der Waals surface area contributed by atoms with Crippen LogP contribution in [0, 0.1) is 12.7 Å². The summed E-state index contributed by atoms with van der Waals surface area (Å²) in [7, 11) is -3.59. The van der Waals surface area contributed by atoms with Gasteiger partial charge in [-0.1, -0.05) is 6.92 Å². The zero-order chi connectivity index (χ0) is 13.8. The predicted octanol–water partition coefficient (Wildman–Crippen LogP) is 2.82. The summed E-state index contributed by atoms with van der Waals surface area (Å²) in [4.78, 5) is 0.103. The molecule has 1 aromatic rings. The molecule has 1 N–H and O–H groups in total. The third-order valence-electron chi connectivity index (χ3n) is 2.62. The summed E-state index contributed by atoms with van der Waals surface area (Å²) in [6.07, 6.45) is 1.36. The highest BCUT2D eigenvalue weighted by Gasteiger charge is 2.16. The van der Waals surface area contributed by atoms with E-state index < -0.39 is 15.8 Å². The minimum absolute atomic E-state index is 0.0398. The number of hydrogen-bond acceptors (Lipinski definition) is 2. The molecule has 1 aromatic carbocycles. The van der Waals surface area contributed by atoms with Crippen molar-refractivity contribution in [2.24, 2.45) is 0 Å². The number of hydrogen-bond donors (Lipinski definition) is 1. The summed E-state index contributed by atoms with van der Waals surface area (Å²) in [5.41, 5.74) is 0.389. The summed E-state index contributed by atoms with van der Waals surface area (Å²) < 4.78 is 39.3. The van der Waals surface area contributed by atoms with E-state index in [0.717, 1.165) is 12.5 Å². The quantitative estimate of drug-likeness (QED) is 0.820. The van der Waals surface area contributed by atoms with Crippen LogP contribution >= 0.6 is 11.6 Å². The highest BCUT2D eigenvalue weighted by atomic mass is 35.5. The fraction of sp³-hybridized carbons (Fsp3) is 0.500. The van der Waals surface area contributed by atoms with E-state index in [2.05, 4.69) is 4.72 Å². The number of halogens is 2. The number of rotatable bonds is 6. The van der Waals surface area contributed by atoms with Crippen LogP contribution in [0.5, 0.6) is 0 Å². The molecule has 3 nitrogen and oxygen atoms in total. The number of alkyl halides is 1. The van der Waals surface area contributed by atoms with Gasteiger partial charge in [0.2, 0.25) is 10.0 Å². The van der Waals surface area contributed by atoms with E-state index in [1.54, 1.807) is 6.92 Å². The average Bonchev–Trinajstić information content (AvgIpc) is 2.27. The molecule has 0 saturated carbocycles. The zero-order valence-corrected chi connectivity index (χ0v) is 12.0. The van der Waals surface area contributed by atoms with Crippen molar-refractivity contribution in [3.05, 3.63) is 29.6 Å². The normalized spacial score (nSPS) is 13.6. The van der Waals surface area contributed by atoms with Crippen molar-refractivity contribution in [3.63, 3.8) is 0 Å². The summed E-state index contributed by atoms with van der Waals surface area (Å²) in [5, 5.41) is -0.0398. The lowest BCUT2D eigenvalue weighted by atomic mass is 10.2. The van der Waals surface area contributed by atoms with Gasteiger partial charge in [-0.15, -0.1) is 11.6 Å². The second-order valence-corrected chi connectivity index (χ2v) is 6.45. The topological polar surface area (TPSA) is 46.2 Å². The monoisotopic (exact) mass is 293 g/mol. The fourth-order valence-electron chi connectivity index (χ4n) is 1.55. The van der Waals surface area contributed by atoms with Crippen LogP contribution in [-0.2, 0) is 10.0 Å². The van der Waals surface area contributed by atoms with E-state index in [1.807, 2.05) is 6.92 Å². The van der Waals surface area contributed by atoms with Gasteiger partial charge in [0.1, 0.15) is 5.82 Å². The van der Waals surface area contributed by atoms with E-state index >= 15 is 0 Å². The molecule has 1 rings (SSSR count). The first-order valence-corrected chi connectivity index (χ1v) is 7.68. The zero-order valence-electron chi connectivity index (χ0n) is 10.4. The summed E-state index contributed by atoms with van der Waals surface area (Å²) in [5.74, 6) is -0.446. The van der Waals surface area contributed by atoms with Gasteiger partial charge in [-0.05, 0) is 43.5 Å². The standard InChI is InChI=1S/C12H17ClFNO2S/c1-3-10(13)6-7-15-18(16,17)12-5-4-11(14)8-9(12)2/h4-5,8,10,15H,3,6-7H2,1-2H3. The van der Waals surface area contributed by atoms with Crippen molar-refractivity contribution in [2.45, 2.75) is 37.0 Å². The first-order valence-electron chi connectivity index (χ1n) is 5.76. The molecule has 6 heteroatoms. The van der Waals surface area contributed by atoms with Crippen molar-refractivity contribution in [1.29, 1.82) is 0 Å². The molecule has 0 spiro atoms. The molecule has 0 aromatic heterocycles. The van der Waals surface area contributed by atoms with Crippen molar-refractivity contribution in [1.82, 2.24) is 4.72 Å². The molecular formula is C12H17ClFNO2S. The molecule has 0 heterocycles. The maximum atomic E-state index is 12.9. The van der Waals surface area contributed by atoms with Gasteiger partial charge < -0.3 is 0 Å². The molecule has 1 unspecified atom stereocenters. The Morgan fingerprint density at radius 3 is 2.67 bits per heavy atom. The van der Waals surface area contributed by atoms with E-state index in [9.17, 15) is 12.8 Å². The summed E-state index contributed by atoms with van der Waals surface area (Å²) in [6, 6.07) is 3.61. The van der Waals surface area contributed by atoms with Crippen LogP contribution in [0.1, 0.15) is 25.3 Å². The second-order valence-electron chi connectivity index (χ2n) is 4.10. The van der Waals surface area contributed by atoms with Crippen molar-refractivity contribution in [2.75, 3.05) is 6.54 Å². The smallest absolute Gasteiger partial charge is 0.211 e. The molecule has 0 aliphatic heterocycles. The molecule has 0 aliphatic rings. The van der Waals surface area contributed by atoms with Crippen molar-refractivity contribution >= 4 is 21.6 Å². The van der Waals surface area contributed by atoms with E-state index in [-0.39, 0.29) is 16.8 Å². The second kappa shape index (κ2) is 6.50. The molecule has 0 bridgehead atoms. The molecule has 0 amide bonds. The predicted molar refractivity (Wildman–Crippen MR) is 70.9 cm³/mol. The van der Waals surface area contributed by atoms with Gasteiger partial charge >= 0.3 is 0 Å². The first kappa shape index (κ1) is 15.4. The summed E-state index contributed by atoms with van der Waals surface area (Å²) in [6.45, 7) is 3.78. The van der Waals surface area contributed by atoms with Crippen molar-refractivity contribution < 1.29 is 12.8 Å². The maximum Gasteiger partial charge on any atom is 0.240 e. The molecule has 1 atom stereocenters. The number of nitrogens with one attached hydrogen (secondary N) is 1. The first-order chi connectivity index (χ1) is 8.36. The van der Waals surface area contributed by atoms with Gasteiger partial charge in [-0.25, -0.2) is 17.5 Å². The van der Waals surface area contributed by atoms with Gasteiger partial charge in [0, 0.05) is 11.9 Å². The molecule has 0 aliphatic carbocycles. The largest absolute Gasteiger partial charge is 0.240 e. The van der Waals surface area contributed by atoms with Crippen LogP contribution in [-0.4, -0.2) is 20.3 Å². The molecule has 0 fully saturated rings. The maximum absolute atomic E-state index is 12.9. The van der Waals surface area contributed by atoms with Crippen LogP contribution in [0.25, 0.3) is 0 Å². The lowest BCUT2D eigenvalue weighted by Gasteiger charge is -2.10. The minimum Gasteiger partial charge on any atom is -0.211 e. The van der Waals surface area contributed by atoms with E-state index in [4.69, 9.17) is 11.6 Å². The van der Waals surface area contributed by atoms with Crippen LogP contribution in [0.4, 0.5) is 4.39 Å². The number of sulfonamides is 1. The Morgan fingerprint density at radius 2 is 2.11 bits per heavy atom. The van der Waals surface area contributed by atoms with Gasteiger partial charge in [-0.2, -0.15) is 0 Å². The molecule has 18 heavy (non-hydrogen) atoms. The Hall–Kier alpha value is -0.650. The Labute approximate surface area is 112 Å². The number of aryl methyl sites for hydroxylation is 1. The van der Waals surface area contributed by atoms with Crippen LogP contribution in [0.15, 0.2) is 23.1 Å². The Bertz CT molecular complexity index is 505. The Kier molecular flexibility index (Phi) is 5.56. The lowest BCUT2D eigenvalue weighted by molar-refractivity contribution is 0.575. The Balaban J connectivity index is 2.74. The highest BCUT2D eigenvalue weighted by molar-refractivity contribution is 7.89. The van der Waals surface area contributed by atoms with Crippen molar-refractivity contribution in [3.8, 4) is 0 Å². The van der Waals surface area contributed by atoms with Crippen LogP contribution in [0.2, 0.25) is 0 Å². The fourth-order valence-corrected chi connectivity index (χ4v) is 2.93.